The SMILES string of the molecule is Cc1cnc(C(=O)O[C@H](C)C(N)=O)cn1. The molecule has 1 rings (SSSR count). The summed E-state index contributed by atoms with van der Waals surface area (Å²) in [4.78, 5) is 29.6. The molecule has 0 spiro atoms. The van der Waals surface area contributed by atoms with Gasteiger partial charge in [0.15, 0.2) is 11.8 Å². The Morgan fingerprint density at radius 3 is 2.53 bits per heavy atom. The third-order valence-corrected chi connectivity index (χ3v) is 1.67. The van der Waals surface area contributed by atoms with Crippen LogP contribution in [-0.4, -0.2) is 27.9 Å². The Bertz CT molecular complexity index is 375. The average Bonchev–Trinajstić information content (AvgIpc) is 2.18. The quantitative estimate of drug-likeness (QED) is 0.696. The number of esters is 1. The lowest BCUT2D eigenvalue weighted by atomic mass is 10.4. The van der Waals surface area contributed by atoms with Crippen molar-refractivity contribution in [1.29, 1.82) is 0 Å². The molecule has 0 aromatic carbocycles. The van der Waals surface area contributed by atoms with Crippen molar-refractivity contribution in [2.75, 3.05) is 0 Å². The number of aromatic nitrogens is 2. The third-order valence-electron chi connectivity index (χ3n) is 1.67. The van der Waals surface area contributed by atoms with Crippen LogP contribution in [0.1, 0.15) is 23.1 Å². The van der Waals surface area contributed by atoms with Gasteiger partial charge in [-0.3, -0.25) is 9.78 Å². The van der Waals surface area contributed by atoms with Crippen LogP contribution in [0, 0.1) is 6.92 Å². The standard InChI is InChI=1S/C9H11N3O3/c1-5-3-12-7(4-11-5)9(14)15-6(2)8(10)13/h3-4,6H,1-2H3,(H2,10,13)/t6-/m1/s1. The highest BCUT2D eigenvalue weighted by atomic mass is 16.5. The normalized spacial score (nSPS) is 11.9. The van der Waals surface area contributed by atoms with E-state index in [1.165, 1.54) is 19.3 Å². The van der Waals surface area contributed by atoms with Gasteiger partial charge in [-0.05, 0) is 13.8 Å². The van der Waals surface area contributed by atoms with Crippen LogP contribution in [0.2, 0.25) is 0 Å². The monoisotopic (exact) mass is 209 g/mol. The second-order valence-corrected chi connectivity index (χ2v) is 2.99. The topological polar surface area (TPSA) is 95.2 Å². The summed E-state index contributed by atoms with van der Waals surface area (Å²) in [5, 5.41) is 0. The van der Waals surface area contributed by atoms with E-state index in [1.54, 1.807) is 6.92 Å². The van der Waals surface area contributed by atoms with Crippen molar-refractivity contribution in [1.82, 2.24) is 9.97 Å². The third kappa shape index (κ3) is 3.01. The largest absolute Gasteiger partial charge is 0.448 e. The molecule has 1 amide bonds. The van der Waals surface area contributed by atoms with Gasteiger partial charge in [0.25, 0.3) is 5.91 Å². The van der Waals surface area contributed by atoms with Crippen LogP contribution in [-0.2, 0) is 9.53 Å². The van der Waals surface area contributed by atoms with Gasteiger partial charge in [-0.15, -0.1) is 0 Å². The zero-order valence-corrected chi connectivity index (χ0v) is 8.43. The van der Waals surface area contributed by atoms with Crippen molar-refractivity contribution in [3.8, 4) is 0 Å². The lowest BCUT2D eigenvalue weighted by Gasteiger charge is -2.08. The second-order valence-electron chi connectivity index (χ2n) is 2.99. The van der Waals surface area contributed by atoms with Gasteiger partial charge in [0, 0.05) is 6.20 Å². The molecule has 80 valence electrons. The number of hydrogen-bond donors (Lipinski definition) is 1. The van der Waals surface area contributed by atoms with E-state index in [-0.39, 0.29) is 5.69 Å². The van der Waals surface area contributed by atoms with Crippen molar-refractivity contribution in [3.05, 3.63) is 23.8 Å². The van der Waals surface area contributed by atoms with Crippen molar-refractivity contribution in [2.24, 2.45) is 5.73 Å². The van der Waals surface area contributed by atoms with E-state index in [4.69, 9.17) is 10.5 Å². The Labute approximate surface area is 86.5 Å². The number of primary amides is 1. The van der Waals surface area contributed by atoms with Crippen LogP contribution < -0.4 is 5.73 Å². The molecule has 0 saturated heterocycles. The van der Waals surface area contributed by atoms with Crippen LogP contribution in [0.4, 0.5) is 0 Å². The van der Waals surface area contributed by atoms with E-state index in [0.717, 1.165) is 0 Å². The zero-order chi connectivity index (χ0) is 11.4. The lowest BCUT2D eigenvalue weighted by Crippen LogP contribution is -2.30. The predicted octanol–water partition coefficient (Wildman–Crippen LogP) is -0.184. The molecule has 0 saturated carbocycles. The molecule has 1 aromatic heterocycles. The Morgan fingerprint density at radius 1 is 1.40 bits per heavy atom. The van der Waals surface area contributed by atoms with E-state index in [2.05, 4.69) is 9.97 Å². The Kier molecular flexibility index (Phi) is 3.33. The number of rotatable bonds is 3. The molecule has 6 nitrogen and oxygen atoms in total. The summed E-state index contributed by atoms with van der Waals surface area (Å²) < 4.78 is 4.72. The van der Waals surface area contributed by atoms with Gasteiger partial charge in [0.2, 0.25) is 0 Å². The van der Waals surface area contributed by atoms with Gasteiger partial charge in [-0.1, -0.05) is 0 Å². The van der Waals surface area contributed by atoms with Crippen LogP contribution in [0.15, 0.2) is 12.4 Å². The first-order chi connectivity index (χ1) is 7.00. The maximum Gasteiger partial charge on any atom is 0.359 e. The molecule has 1 atom stereocenters. The van der Waals surface area contributed by atoms with Crippen molar-refractivity contribution >= 4 is 11.9 Å². The first kappa shape index (κ1) is 11.1. The number of amides is 1. The fourth-order valence-electron chi connectivity index (χ4n) is 0.777. The van der Waals surface area contributed by atoms with Crippen molar-refractivity contribution in [3.63, 3.8) is 0 Å². The van der Waals surface area contributed by atoms with E-state index >= 15 is 0 Å². The molecule has 0 bridgehead atoms. The molecular formula is C9H11N3O3. The zero-order valence-electron chi connectivity index (χ0n) is 8.43. The lowest BCUT2D eigenvalue weighted by molar-refractivity contribution is -0.125. The maximum absolute atomic E-state index is 11.3. The number of hydrogen-bond acceptors (Lipinski definition) is 5. The number of carbonyl (C=O) groups is 2. The molecule has 0 aliphatic rings. The van der Waals surface area contributed by atoms with Gasteiger partial charge < -0.3 is 10.5 Å². The van der Waals surface area contributed by atoms with Crippen LogP contribution in [0.25, 0.3) is 0 Å². The smallest absolute Gasteiger partial charge is 0.359 e. The van der Waals surface area contributed by atoms with E-state index in [9.17, 15) is 9.59 Å². The molecule has 0 unspecified atom stereocenters. The van der Waals surface area contributed by atoms with Crippen LogP contribution >= 0.6 is 0 Å². The highest BCUT2D eigenvalue weighted by molar-refractivity contribution is 5.89. The van der Waals surface area contributed by atoms with Crippen LogP contribution in [0.3, 0.4) is 0 Å². The van der Waals surface area contributed by atoms with Gasteiger partial charge in [-0.25, -0.2) is 9.78 Å². The number of ether oxygens (including phenoxy) is 1. The molecule has 1 heterocycles. The second kappa shape index (κ2) is 4.50. The summed E-state index contributed by atoms with van der Waals surface area (Å²) in [6.45, 7) is 3.13. The summed E-state index contributed by atoms with van der Waals surface area (Å²) in [6, 6.07) is 0. The molecule has 0 fully saturated rings. The molecule has 0 aliphatic heterocycles. The minimum atomic E-state index is -0.972. The predicted molar refractivity (Wildman–Crippen MR) is 50.8 cm³/mol. The summed E-state index contributed by atoms with van der Waals surface area (Å²) >= 11 is 0. The molecule has 0 aliphatic carbocycles. The van der Waals surface area contributed by atoms with E-state index in [0.29, 0.717) is 5.69 Å². The fourth-order valence-corrected chi connectivity index (χ4v) is 0.777. The van der Waals surface area contributed by atoms with Crippen LogP contribution in [0.5, 0.6) is 0 Å². The summed E-state index contributed by atoms with van der Waals surface area (Å²) in [5.74, 6) is -1.42. The minimum Gasteiger partial charge on any atom is -0.448 e. The summed E-state index contributed by atoms with van der Waals surface area (Å²) in [5.41, 5.74) is 5.67. The Morgan fingerprint density at radius 2 is 2.07 bits per heavy atom. The highest BCUT2D eigenvalue weighted by Gasteiger charge is 2.17. The van der Waals surface area contributed by atoms with Gasteiger partial charge in [-0.2, -0.15) is 0 Å². The summed E-state index contributed by atoms with van der Waals surface area (Å²) in [7, 11) is 0. The van der Waals surface area contributed by atoms with Crippen molar-refractivity contribution < 1.29 is 14.3 Å². The highest BCUT2D eigenvalue weighted by Crippen LogP contribution is 2.00. The van der Waals surface area contributed by atoms with Gasteiger partial charge >= 0.3 is 5.97 Å². The molecule has 6 heteroatoms. The molecule has 15 heavy (non-hydrogen) atoms. The number of carbonyl (C=O) groups excluding carboxylic acids is 2. The first-order valence-corrected chi connectivity index (χ1v) is 4.29. The molecule has 1 aromatic rings. The number of nitrogens with two attached hydrogens (primary N) is 1. The molecular weight excluding hydrogens is 198 g/mol. The Balaban J connectivity index is 2.69. The van der Waals surface area contributed by atoms with Gasteiger partial charge in [0.05, 0.1) is 11.9 Å². The number of aryl methyl sites for hydroxylation is 1. The summed E-state index contributed by atoms with van der Waals surface area (Å²) in [6.07, 6.45) is 1.75. The van der Waals surface area contributed by atoms with Gasteiger partial charge in [0.1, 0.15) is 0 Å². The minimum absolute atomic E-state index is 0.0497. The van der Waals surface area contributed by atoms with Crippen molar-refractivity contribution in [2.45, 2.75) is 20.0 Å². The maximum atomic E-state index is 11.3. The Hall–Kier alpha value is -1.98. The average molecular weight is 209 g/mol. The fraction of sp³-hybridized carbons (Fsp3) is 0.333. The first-order valence-electron chi connectivity index (χ1n) is 4.29. The molecule has 0 radical (unpaired) electrons. The molecule has 2 N–H and O–H groups in total. The van der Waals surface area contributed by atoms with E-state index in [1.807, 2.05) is 0 Å². The van der Waals surface area contributed by atoms with E-state index < -0.39 is 18.0 Å². The number of nitrogens with zero attached hydrogens (tertiary/aromatic N) is 2.